The summed E-state index contributed by atoms with van der Waals surface area (Å²) in [7, 11) is 1.56. The number of hydrogen-bond acceptors (Lipinski definition) is 5. The van der Waals surface area contributed by atoms with Gasteiger partial charge in [0.15, 0.2) is 11.5 Å². The number of urea groups is 1. The molecule has 8 heteroatoms. The van der Waals surface area contributed by atoms with Crippen LogP contribution in [0.4, 0.5) is 4.79 Å². The minimum Gasteiger partial charge on any atom is -0.493 e. The molecule has 4 amide bonds. The number of carbonyl (C=O) groups is 3. The molecule has 152 valence electrons. The average molecular weight is 389 g/mol. The van der Waals surface area contributed by atoms with E-state index in [2.05, 4.69) is 10.6 Å². The summed E-state index contributed by atoms with van der Waals surface area (Å²) in [6, 6.07) is 6.74. The Labute approximate surface area is 164 Å². The Bertz CT molecular complexity index is 753. The maximum Gasteiger partial charge on any atom is 0.325 e. The molecule has 1 aromatic carbocycles. The van der Waals surface area contributed by atoms with Crippen LogP contribution >= 0.6 is 0 Å². The Balaban J connectivity index is 1.48. The number of nitrogens with zero attached hydrogens (tertiary/aromatic N) is 1. The normalized spacial score (nSPS) is 24.2. The van der Waals surface area contributed by atoms with Crippen molar-refractivity contribution < 1.29 is 23.9 Å². The summed E-state index contributed by atoms with van der Waals surface area (Å²) in [5, 5.41) is 5.53. The zero-order valence-electron chi connectivity index (χ0n) is 16.3. The summed E-state index contributed by atoms with van der Waals surface area (Å²) < 4.78 is 10.8. The largest absolute Gasteiger partial charge is 0.493 e. The zero-order valence-corrected chi connectivity index (χ0v) is 16.3. The summed E-state index contributed by atoms with van der Waals surface area (Å²) in [5.41, 5.74) is -0.845. The minimum atomic E-state index is -0.845. The van der Waals surface area contributed by atoms with E-state index in [0.717, 1.165) is 24.2 Å². The molecule has 1 heterocycles. The molecule has 3 rings (SSSR count). The van der Waals surface area contributed by atoms with Crippen molar-refractivity contribution in [3.8, 4) is 11.5 Å². The third-order valence-corrected chi connectivity index (χ3v) is 5.55. The second-order valence-electron chi connectivity index (χ2n) is 7.29. The van der Waals surface area contributed by atoms with Gasteiger partial charge in [-0.25, -0.2) is 4.79 Å². The number of hydrogen-bond donors (Lipinski definition) is 2. The van der Waals surface area contributed by atoms with Gasteiger partial charge in [0.05, 0.1) is 13.7 Å². The van der Waals surface area contributed by atoms with Crippen LogP contribution in [0.5, 0.6) is 11.5 Å². The molecular formula is C20H27N3O5. The van der Waals surface area contributed by atoms with Crippen LogP contribution in [0.25, 0.3) is 0 Å². The molecule has 2 atom stereocenters. The van der Waals surface area contributed by atoms with E-state index in [-0.39, 0.29) is 31.5 Å². The summed E-state index contributed by atoms with van der Waals surface area (Å²) >= 11 is 0. The first-order chi connectivity index (χ1) is 13.5. The van der Waals surface area contributed by atoms with E-state index >= 15 is 0 Å². The lowest BCUT2D eigenvalue weighted by molar-refractivity contribution is -0.137. The van der Waals surface area contributed by atoms with Crippen molar-refractivity contribution in [2.45, 2.75) is 38.1 Å². The van der Waals surface area contributed by atoms with Gasteiger partial charge in [-0.05, 0) is 30.9 Å². The van der Waals surface area contributed by atoms with Gasteiger partial charge in [0.2, 0.25) is 5.91 Å². The first-order valence-electron chi connectivity index (χ1n) is 9.64. The molecule has 1 aliphatic carbocycles. The Morgan fingerprint density at radius 3 is 2.75 bits per heavy atom. The molecule has 2 aliphatic rings. The van der Waals surface area contributed by atoms with Crippen molar-refractivity contribution in [3.05, 3.63) is 24.3 Å². The van der Waals surface area contributed by atoms with Crippen molar-refractivity contribution >= 4 is 17.8 Å². The summed E-state index contributed by atoms with van der Waals surface area (Å²) in [5.74, 6) is 0.583. The smallest absolute Gasteiger partial charge is 0.325 e. The average Bonchev–Trinajstić information content (AvgIpc) is 2.93. The zero-order chi connectivity index (χ0) is 20.1. The molecule has 2 N–H and O–H groups in total. The molecule has 0 bridgehead atoms. The molecule has 0 unspecified atom stereocenters. The van der Waals surface area contributed by atoms with Gasteiger partial charge in [-0.1, -0.05) is 31.9 Å². The summed E-state index contributed by atoms with van der Waals surface area (Å²) in [4.78, 5) is 38.4. The quantitative estimate of drug-likeness (QED) is 0.546. The van der Waals surface area contributed by atoms with Crippen molar-refractivity contribution in [1.29, 1.82) is 0 Å². The molecule has 1 spiro atoms. The number of benzene rings is 1. The van der Waals surface area contributed by atoms with Crippen molar-refractivity contribution in [1.82, 2.24) is 15.5 Å². The third kappa shape index (κ3) is 3.90. The van der Waals surface area contributed by atoms with Gasteiger partial charge >= 0.3 is 6.03 Å². The second kappa shape index (κ2) is 8.50. The maximum atomic E-state index is 12.8. The number of ether oxygens (including phenoxy) is 2. The Hall–Kier alpha value is -2.77. The predicted octanol–water partition coefficient (Wildman–Crippen LogP) is 1.69. The Kier molecular flexibility index (Phi) is 6.06. The predicted molar refractivity (Wildman–Crippen MR) is 102 cm³/mol. The second-order valence-corrected chi connectivity index (χ2v) is 7.29. The first-order valence-corrected chi connectivity index (χ1v) is 9.64. The fourth-order valence-electron chi connectivity index (χ4n) is 3.93. The molecule has 0 aromatic heterocycles. The van der Waals surface area contributed by atoms with Gasteiger partial charge in [-0.15, -0.1) is 0 Å². The lowest BCUT2D eigenvalue weighted by Crippen LogP contribution is -2.54. The van der Waals surface area contributed by atoms with Crippen molar-refractivity contribution in [2.75, 3.05) is 26.8 Å². The fourth-order valence-corrected chi connectivity index (χ4v) is 3.93. The maximum absolute atomic E-state index is 12.8. The molecule has 1 aromatic rings. The number of nitrogens with one attached hydrogen (secondary N) is 2. The third-order valence-electron chi connectivity index (χ3n) is 5.55. The highest BCUT2D eigenvalue weighted by Crippen LogP contribution is 2.38. The molecule has 1 saturated heterocycles. The van der Waals surface area contributed by atoms with E-state index in [1.165, 1.54) is 0 Å². The van der Waals surface area contributed by atoms with Gasteiger partial charge in [-0.2, -0.15) is 0 Å². The first kappa shape index (κ1) is 20.0. The topological polar surface area (TPSA) is 97.0 Å². The molecule has 1 saturated carbocycles. The van der Waals surface area contributed by atoms with E-state index in [0.29, 0.717) is 17.9 Å². The summed E-state index contributed by atoms with van der Waals surface area (Å²) in [6.07, 6.45) is 3.48. The van der Waals surface area contributed by atoms with Crippen LogP contribution < -0.4 is 20.1 Å². The van der Waals surface area contributed by atoms with Crippen LogP contribution in [-0.4, -0.2) is 55.1 Å². The van der Waals surface area contributed by atoms with Crippen molar-refractivity contribution in [2.24, 2.45) is 5.92 Å². The number of para-hydroxylation sites is 2. The van der Waals surface area contributed by atoms with Crippen LogP contribution in [0, 0.1) is 5.92 Å². The van der Waals surface area contributed by atoms with E-state index < -0.39 is 17.5 Å². The molecule has 8 nitrogen and oxygen atoms in total. The highest BCUT2D eigenvalue weighted by atomic mass is 16.5. The van der Waals surface area contributed by atoms with Crippen LogP contribution in [0.1, 0.15) is 32.6 Å². The number of carbonyl (C=O) groups excluding carboxylic acids is 3. The standard InChI is InChI=1S/C20H27N3O5/c1-14-7-5-6-10-20(14)18(25)23(19(26)22-20)13-17(24)21-11-12-28-16-9-4-3-8-15(16)27-2/h3-4,8-9,14H,5-7,10-13H2,1-2H3,(H,21,24)(H,22,26)/t14-,20+/m1/s1. The van der Waals surface area contributed by atoms with Crippen LogP contribution in [0.2, 0.25) is 0 Å². The van der Waals surface area contributed by atoms with Gasteiger partial charge in [0.25, 0.3) is 5.91 Å². The Morgan fingerprint density at radius 2 is 2.04 bits per heavy atom. The SMILES string of the molecule is COc1ccccc1OCCNC(=O)CN1C(=O)N[C@]2(CCCC[C@H]2C)C1=O. The van der Waals surface area contributed by atoms with Gasteiger partial charge in [0, 0.05) is 0 Å². The molecule has 2 fully saturated rings. The molecule has 28 heavy (non-hydrogen) atoms. The molecule has 1 aliphatic heterocycles. The van der Waals surface area contributed by atoms with Gasteiger partial charge < -0.3 is 20.1 Å². The molecule has 0 radical (unpaired) electrons. The highest BCUT2D eigenvalue weighted by Gasteiger charge is 2.55. The number of imide groups is 1. The van der Waals surface area contributed by atoms with Gasteiger partial charge in [-0.3, -0.25) is 14.5 Å². The van der Waals surface area contributed by atoms with Crippen LogP contribution in [0.15, 0.2) is 24.3 Å². The monoisotopic (exact) mass is 389 g/mol. The number of methoxy groups -OCH3 is 1. The highest BCUT2D eigenvalue weighted by molar-refractivity contribution is 6.09. The number of amides is 4. The minimum absolute atomic E-state index is 0.0695. The van der Waals surface area contributed by atoms with E-state index in [1.54, 1.807) is 19.2 Å². The van der Waals surface area contributed by atoms with Crippen LogP contribution in [-0.2, 0) is 9.59 Å². The van der Waals surface area contributed by atoms with Crippen molar-refractivity contribution in [3.63, 3.8) is 0 Å². The van der Waals surface area contributed by atoms with E-state index in [1.807, 2.05) is 19.1 Å². The van der Waals surface area contributed by atoms with E-state index in [4.69, 9.17) is 9.47 Å². The Morgan fingerprint density at radius 1 is 1.29 bits per heavy atom. The van der Waals surface area contributed by atoms with Gasteiger partial charge in [0.1, 0.15) is 18.7 Å². The van der Waals surface area contributed by atoms with Crippen LogP contribution in [0.3, 0.4) is 0 Å². The molecular weight excluding hydrogens is 362 g/mol. The summed E-state index contributed by atoms with van der Waals surface area (Å²) in [6.45, 7) is 2.19. The fraction of sp³-hybridized carbons (Fsp3) is 0.550. The number of rotatable bonds is 7. The lowest BCUT2D eigenvalue weighted by atomic mass is 9.73. The van der Waals surface area contributed by atoms with E-state index in [9.17, 15) is 14.4 Å². The lowest BCUT2D eigenvalue weighted by Gasteiger charge is -2.36.